The van der Waals surface area contributed by atoms with Crippen LogP contribution in [0.15, 0.2) is 73.6 Å². The number of carbonyl (C=O) groups excluding carboxylic acids is 2. The third-order valence-corrected chi connectivity index (χ3v) is 7.27. The number of hydrogen-bond donors (Lipinski definition) is 2. The number of carbonyl (C=O) groups is 2. The van der Waals surface area contributed by atoms with Gasteiger partial charge in [0.2, 0.25) is 17.8 Å². The summed E-state index contributed by atoms with van der Waals surface area (Å²) in [5.74, 6) is 1.16. The van der Waals surface area contributed by atoms with Crippen LogP contribution >= 0.6 is 0 Å². The molecule has 1 saturated heterocycles. The average molecular weight is 596 g/mol. The van der Waals surface area contributed by atoms with E-state index in [1.165, 1.54) is 6.08 Å². The number of piperazine rings is 1. The Morgan fingerprint density at radius 1 is 1.07 bits per heavy atom. The normalized spacial score (nSPS) is 13.1. The van der Waals surface area contributed by atoms with E-state index in [0.29, 0.717) is 61.6 Å². The van der Waals surface area contributed by atoms with Gasteiger partial charge in [-0.1, -0.05) is 36.9 Å². The lowest BCUT2D eigenvalue weighted by Crippen LogP contribution is -2.48. The summed E-state index contributed by atoms with van der Waals surface area (Å²) in [4.78, 5) is 39.4. The van der Waals surface area contributed by atoms with Crippen molar-refractivity contribution in [1.82, 2.24) is 29.5 Å². The minimum Gasteiger partial charge on any atom is -0.494 e. The monoisotopic (exact) mass is 595 g/mol. The number of nitrogens with zero attached hydrogens (tertiary/aromatic N) is 7. The van der Waals surface area contributed by atoms with Crippen molar-refractivity contribution in [1.29, 1.82) is 0 Å². The van der Waals surface area contributed by atoms with Crippen molar-refractivity contribution in [2.45, 2.75) is 13.5 Å². The first kappa shape index (κ1) is 30.2. The second-order valence-electron chi connectivity index (χ2n) is 10.7. The largest absolute Gasteiger partial charge is 0.494 e. The van der Waals surface area contributed by atoms with Gasteiger partial charge in [0.1, 0.15) is 5.75 Å². The highest BCUT2D eigenvalue weighted by Crippen LogP contribution is 2.38. The van der Waals surface area contributed by atoms with E-state index >= 15 is 0 Å². The fourth-order valence-electron chi connectivity index (χ4n) is 5.12. The SMILES string of the molecule is C=CC(=O)Nc1cc(Nc2nccc(-n3cc(CN(C)C)c(-c4ccccc4)n3)n2)c(OC)cc1N1CCN(C(C)=O)CC1. The Morgan fingerprint density at radius 2 is 1.82 bits per heavy atom. The molecule has 0 spiro atoms. The molecule has 44 heavy (non-hydrogen) atoms. The zero-order valence-electron chi connectivity index (χ0n) is 25.4. The van der Waals surface area contributed by atoms with Gasteiger partial charge >= 0.3 is 0 Å². The van der Waals surface area contributed by atoms with E-state index in [0.717, 1.165) is 22.5 Å². The first-order valence-corrected chi connectivity index (χ1v) is 14.3. The number of amides is 2. The molecule has 0 atom stereocenters. The molecule has 2 aromatic heterocycles. The Morgan fingerprint density at radius 3 is 2.48 bits per heavy atom. The Labute approximate surface area is 257 Å². The lowest BCUT2D eigenvalue weighted by molar-refractivity contribution is -0.129. The topological polar surface area (TPSA) is 121 Å². The van der Waals surface area contributed by atoms with Gasteiger partial charge in [0.15, 0.2) is 5.82 Å². The summed E-state index contributed by atoms with van der Waals surface area (Å²) >= 11 is 0. The lowest BCUT2D eigenvalue weighted by atomic mass is 10.1. The third kappa shape index (κ3) is 6.87. The molecule has 0 unspecified atom stereocenters. The number of ether oxygens (including phenoxy) is 1. The van der Waals surface area contributed by atoms with Gasteiger partial charge in [0.25, 0.3) is 0 Å². The second kappa shape index (κ2) is 13.4. The zero-order chi connectivity index (χ0) is 31.2. The molecular weight excluding hydrogens is 558 g/mol. The molecule has 2 aromatic carbocycles. The van der Waals surface area contributed by atoms with Gasteiger partial charge in [-0.3, -0.25) is 9.59 Å². The number of hydrogen-bond acceptors (Lipinski definition) is 9. The van der Waals surface area contributed by atoms with Gasteiger partial charge in [0, 0.05) is 75.3 Å². The fraction of sp³-hybridized carbons (Fsp3) is 0.281. The first-order valence-electron chi connectivity index (χ1n) is 14.3. The summed E-state index contributed by atoms with van der Waals surface area (Å²) in [6, 6.07) is 15.5. The molecule has 2 amide bonds. The van der Waals surface area contributed by atoms with Crippen LogP contribution in [-0.2, 0) is 16.1 Å². The van der Waals surface area contributed by atoms with Crippen molar-refractivity contribution in [3.63, 3.8) is 0 Å². The highest BCUT2D eigenvalue weighted by atomic mass is 16.5. The number of aromatic nitrogens is 4. The molecule has 4 aromatic rings. The molecule has 0 aliphatic carbocycles. The summed E-state index contributed by atoms with van der Waals surface area (Å²) in [5.41, 5.74) is 4.89. The van der Waals surface area contributed by atoms with Gasteiger partial charge in [-0.2, -0.15) is 10.1 Å². The summed E-state index contributed by atoms with van der Waals surface area (Å²) in [6.07, 6.45) is 4.87. The summed E-state index contributed by atoms with van der Waals surface area (Å²) in [7, 11) is 5.63. The van der Waals surface area contributed by atoms with Crippen LogP contribution in [-0.4, -0.2) is 88.7 Å². The van der Waals surface area contributed by atoms with Crippen molar-refractivity contribution in [3.8, 4) is 22.8 Å². The van der Waals surface area contributed by atoms with Crippen LogP contribution in [0.25, 0.3) is 17.1 Å². The molecule has 0 bridgehead atoms. The van der Waals surface area contributed by atoms with Crippen molar-refractivity contribution in [2.24, 2.45) is 0 Å². The predicted octanol–water partition coefficient (Wildman–Crippen LogP) is 3.94. The van der Waals surface area contributed by atoms with Gasteiger partial charge in [0.05, 0.1) is 29.9 Å². The number of methoxy groups -OCH3 is 1. The lowest BCUT2D eigenvalue weighted by Gasteiger charge is -2.36. The van der Waals surface area contributed by atoms with Gasteiger partial charge < -0.3 is 30.1 Å². The first-order chi connectivity index (χ1) is 21.2. The van der Waals surface area contributed by atoms with Crippen LogP contribution in [0.2, 0.25) is 0 Å². The number of rotatable bonds is 10. The summed E-state index contributed by atoms with van der Waals surface area (Å²) < 4.78 is 7.51. The van der Waals surface area contributed by atoms with E-state index in [4.69, 9.17) is 14.8 Å². The summed E-state index contributed by atoms with van der Waals surface area (Å²) in [5, 5.41) is 11.1. The number of nitrogens with one attached hydrogen (secondary N) is 2. The Kier molecular flexibility index (Phi) is 9.20. The smallest absolute Gasteiger partial charge is 0.247 e. The maximum atomic E-state index is 12.4. The molecule has 5 rings (SSSR count). The minimum absolute atomic E-state index is 0.0458. The van der Waals surface area contributed by atoms with Crippen molar-refractivity contribution < 1.29 is 14.3 Å². The highest BCUT2D eigenvalue weighted by molar-refractivity contribution is 6.02. The summed E-state index contributed by atoms with van der Waals surface area (Å²) in [6.45, 7) is 8.28. The van der Waals surface area contributed by atoms with E-state index in [1.807, 2.05) is 61.6 Å². The van der Waals surface area contributed by atoms with Crippen LogP contribution in [0.3, 0.4) is 0 Å². The van der Waals surface area contributed by atoms with E-state index in [1.54, 1.807) is 37.0 Å². The predicted molar refractivity (Wildman–Crippen MR) is 172 cm³/mol. The van der Waals surface area contributed by atoms with Crippen LogP contribution in [0, 0.1) is 0 Å². The van der Waals surface area contributed by atoms with E-state index in [-0.39, 0.29) is 11.8 Å². The molecule has 0 saturated carbocycles. The molecule has 12 nitrogen and oxygen atoms in total. The van der Waals surface area contributed by atoms with Crippen molar-refractivity contribution in [3.05, 3.63) is 79.1 Å². The second-order valence-corrected chi connectivity index (χ2v) is 10.7. The van der Waals surface area contributed by atoms with E-state index < -0.39 is 0 Å². The van der Waals surface area contributed by atoms with E-state index in [2.05, 4.69) is 32.0 Å². The quantitative estimate of drug-likeness (QED) is 0.263. The molecule has 228 valence electrons. The molecule has 2 N–H and O–H groups in total. The molecular formula is C32H37N9O3. The van der Waals surface area contributed by atoms with Gasteiger partial charge in [-0.05, 0) is 26.2 Å². The molecule has 1 aliphatic rings. The van der Waals surface area contributed by atoms with Crippen molar-refractivity contribution in [2.75, 3.05) is 62.9 Å². The molecule has 0 radical (unpaired) electrons. The fourth-order valence-corrected chi connectivity index (χ4v) is 5.12. The average Bonchev–Trinajstić information content (AvgIpc) is 3.45. The Bertz CT molecular complexity index is 1640. The van der Waals surface area contributed by atoms with Crippen molar-refractivity contribution >= 4 is 34.8 Å². The van der Waals surface area contributed by atoms with Crippen LogP contribution in [0.5, 0.6) is 5.75 Å². The van der Waals surface area contributed by atoms with Crippen LogP contribution < -0.4 is 20.3 Å². The number of anilines is 4. The molecule has 1 aliphatic heterocycles. The van der Waals surface area contributed by atoms with Gasteiger partial charge in [-0.25, -0.2) is 9.67 Å². The standard InChI is InChI=1S/C32H37N9O3/c1-6-30(43)34-25-18-26(28(44-5)19-27(25)40-16-14-39(15-17-40)22(2)42)35-32-33-13-12-29(36-32)41-21-24(20-38(3)4)31(37-41)23-10-8-7-9-11-23/h6-13,18-19,21H,1,14-17,20H2,2-5H3,(H,34,43)(H,33,35,36). The molecule has 1 fully saturated rings. The highest BCUT2D eigenvalue weighted by Gasteiger charge is 2.23. The minimum atomic E-state index is -0.343. The zero-order valence-corrected chi connectivity index (χ0v) is 25.4. The molecule has 12 heteroatoms. The number of benzene rings is 2. The van der Waals surface area contributed by atoms with E-state index in [9.17, 15) is 9.59 Å². The van der Waals surface area contributed by atoms with Gasteiger partial charge in [-0.15, -0.1) is 0 Å². The Balaban J connectivity index is 1.47. The maximum Gasteiger partial charge on any atom is 0.247 e. The van der Waals surface area contributed by atoms with Crippen LogP contribution in [0.1, 0.15) is 12.5 Å². The Hall–Kier alpha value is -5.23. The third-order valence-electron chi connectivity index (χ3n) is 7.27. The molecule has 3 heterocycles. The maximum absolute atomic E-state index is 12.4. The van der Waals surface area contributed by atoms with Crippen LogP contribution in [0.4, 0.5) is 23.0 Å².